The average Bonchev–Trinajstić information content (AvgIpc) is 2.25. The van der Waals surface area contributed by atoms with Crippen molar-refractivity contribution in [2.75, 3.05) is 7.05 Å². The lowest BCUT2D eigenvalue weighted by Crippen LogP contribution is -2.45. The van der Waals surface area contributed by atoms with Crippen LogP contribution >= 0.6 is 12.4 Å². The van der Waals surface area contributed by atoms with Gasteiger partial charge in [-0.25, -0.2) is 0 Å². The first-order chi connectivity index (χ1) is 8.09. The summed E-state index contributed by atoms with van der Waals surface area (Å²) in [5, 5.41) is 0. The lowest BCUT2D eigenvalue weighted by Gasteiger charge is -2.36. The summed E-state index contributed by atoms with van der Waals surface area (Å²) in [5.41, 5.74) is 8.09. The highest BCUT2D eigenvalue weighted by atomic mass is 35.5. The average molecular weight is 269 g/mol. The zero-order valence-corrected chi connectivity index (χ0v) is 11.7. The maximum atomic E-state index is 12.2. The summed E-state index contributed by atoms with van der Waals surface area (Å²) in [5.74, 6) is 0.0264. The standard InChI is InChI=1S/C14H20N2O.ClH/c1-10-6-8-11(9-7-10)13(15)14(17)16(2)12-4-3-5-12;/h6-9,12-13H,3-5,15H2,1-2H3;1H. The molecule has 0 aromatic heterocycles. The number of carbonyl (C=O) groups is 1. The maximum Gasteiger partial charge on any atom is 0.244 e. The van der Waals surface area contributed by atoms with Gasteiger partial charge in [0.15, 0.2) is 0 Å². The molecule has 1 saturated carbocycles. The molecule has 2 rings (SSSR count). The van der Waals surface area contributed by atoms with Crippen LogP contribution in [0.4, 0.5) is 0 Å². The Morgan fingerprint density at radius 1 is 1.33 bits per heavy atom. The SMILES string of the molecule is Cc1ccc(C(N)C(=O)N(C)C2CCC2)cc1.Cl. The monoisotopic (exact) mass is 268 g/mol. The van der Waals surface area contributed by atoms with Crippen LogP contribution in [0.15, 0.2) is 24.3 Å². The largest absolute Gasteiger partial charge is 0.341 e. The highest BCUT2D eigenvalue weighted by Gasteiger charge is 2.29. The highest BCUT2D eigenvalue weighted by molar-refractivity contribution is 5.85. The van der Waals surface area contributed by atoms with Gasteiger partial charge in [0.1, 0.15) is 6.04 Å². The van der Waals surface area contributed by atoms with Crippen molar-refractivity contribution in [2.24, 2.45) is 5.73 Å². The van der Waals surface area contributed by atoms with Gasteiger partial charge in [0.05, 0.1) is 0 Å². The van der Waals surface area contributed by atoms with Crippen LogP contribution in [0.25, 0.3) is 0 Å². The zero-order chi connectivity index (χ0) is 12.4. The predicted octanol–water partition coefficient (Wildman–Crippen LogP) is 2.43. The molecule has 18 heavy (non-hydrogen) atoms. The molecule has 1 aliphatic rings. The molecule has 0 bridgehead atoms. The van der Waals surface area contributed by atoms with E-state index in [1.165, 1.54) is 12.0 Å². The fourth-order valence-electron chi connectivity index (χ4n) is 2.09. The second kappa shape index (κ2) is 6.21. The molecular weight excluding hydrogens is 248 g/mol. The number of amides is 1. The quantitative estimate of drug-likeness (QED) is 0.915. The zero-order valence-electron chi connectivity index (χ0n) is 10.9. The van der Waals surface area contributed by atoms with Gasteiger partial charge < -0.3 is 10.6 Å². The van der Waals surface area contributed by atoms with Crippen LogP contribution in [0.3, 0.4) is 0 Å². The number of hydrogen-bond donors (Lipinski definition) is 1. The van der Waals surface area contributed by atoms with Crippen molar-refractivity contribution in [1.29, 1.82) is 0 Å². The summed E-state index contributed by atoms with van der Waals surface area (Å²) >= 11 is 0. The number of nitrogens with zero attached hydrogens (tertiary/aromatic N) is 1. The molecule has 4 heteroatoms. The second-order valence-electron chi connectivity index (χ2n) is 4.92. The Balaban J connectivity index is 0.00000162. The lowest BCUT2D eigenvalue weighted by atomic mass is 9.91. The second-order valence-corrected chi connectivity index (χ2v) is 4.92. The molecule has 0 radical (unpaired) electrons. The van der Waals surface area contributed by atoms with Crippen molar-refractivity contribution >= 4 is 18.3 Å². The Morgan fingerprint density at radius 3 is 2.33 bits per heavy atom. The molecule has 0 aliphatic heterocycles. The number of rotatable bonds is 3. The predicted molar refractivity (Wildman–Crippen MR) is 75.8 cm³/mol. The van der Waals surface area contributed by atoms with Crippen LogP contribution in [-0.2, 0) is 4.79 Å². The summed E-state index contributed by atoms with van der Waals surface area (Å²) in [4.78, 5) is 14.0. The molecule has 0 heterocycles. The number of carbonyl (C=O) groups excluding carboxylic acids is 1. The maximum absolute atomic E-state index is 12.2. The molecule has 3 nitrogen and oxygen atoms in total. The fraction of sp³-hybridized carbons (Fsp3) is 0.500. The topological polar surface area (TPSA) is 46.3 Å². The van der Waals surface area contributed by atoms with E-state index in [1.54, 1.807) is 0 Å². The molecule has 1 aliphatic carbocycles. The van der Waals surface area contributed by atoms with Gasteiger partial charge in [-0.2, -0.15) is 0 Å². The Hall–Kier alpha value is -1.06. The smallest absolute Gasteiger partial charge is 0.244 e. The minimum absolute atomic E-state index is 0. The number of aryl methyl sites for hydroxylation is 1. The van der Waals surface area contributed by atoms with Crippen molar-refractivity contribution in [2.45, 2.75) is 38.3 Å². The lowest BCUT2D eigenvalue weighted by molar-refractivity contribution is -0.135. The number of nitrogens with two attached hydrogens (primary N) is 1. The van der Waals surface area contributed by atoms with E-state index in [4.69, 9.17) is 5.73 Å². The van der Waals surface area contributed by atoms with Crippen LogP contribution in [0, 0.1) is 6.92 Å². The molecule has 0 saturated heterocycles. The fourth-order valence-corrected chi connectivity index (χ4v) is 2.09. The molecule has 1 aromatic carbocycles. The van der Waals surface area contributed by atoms with Crippen molar-refractivity contribution in [3.8, 4) is 0 Å². The third-order valence-electron chi connectivity index (χ3n) is 3.67. The molecule has 1 amide bonds. The van der Waals surface area contributed by atoms with Gasteiger partial charge in [-0.15, -0.1) is 12.4 Å². The molecular formula is C14H21ClN2O. The van der Waals surface area contributed by atoms with Crippen molar-refractivity contribution in [1.82, 2.24) is 4.90 Å². The van der Waals surface area contributed by atoms with E-state index < -0.39 is 6.04 Å². The third-order valence-corrected chi connectivity index (χ3v) is 3.67. The van der Waals surface area contributed by atoms with Crippen molar-refractivity contribution in [3.63, 3.8) is 0 Å². The molecule has 0 spiro atoms. The number of hydrogen-bond acceptors (Lipinski definition) is 2. The Morgan fingerprint density at radius 2 is 1.89 bits per heavy atom. The van der Waals surface area contributed by atoms with Gasteiger partial charge in [-0.3, -0.25) is 4.79 Å². The van der Waals surface area contributed by atoms with Crippen molar-refractivity contribution in [3.05, 3.63) is 35.4 Å². The first kappa shape index (κ1) is 15.0. The summed E-state index contributed by atoms with van der Waals surface area (Å²) in [6.07, 6.45) is 3.45. The van der Waals surface area contributed by atoms with Gasteiger partial charge in [0.2, 0.25) is 5.91 Å². The Kier molecular flexibility index (Phi) is 5.17. The number of halogens is 1. The number of likely N-dealkylation sites (N-methyl/N-ethyl adjacent to an activating group) is 1. The Bertz CT molecular complexity index is 401. The van der Waals surface area contributed by atoms with Crippen LogP contribution in [-0.4, -0.2) is 23.9 Å². The van der Waals surface area contributed by atoms with E-state index in [2.05, 4.69) is 0 Å². The van der Waals surface area contributed by atoms with E-state index >= 15 is 0 Å². The molecule has 1 atom stereocenters. The summed E-state index contributed by atoms with van der Waals surface area (Å²) in [6.45, 7) is 2.03. The molecule has 2 N–H and O–H groups in total. The van der Waals surface area contributed by atoms with Crippen molar-refractivity contribution < 1.29 is 4.79 Å². The minimum atomic E-state index is -0.527. The summed E-state index contributed by atoms with van der Waals surface area (Å²) < 4.78 is 0. The van der Waals surface area contributed by atoms with Gasteiger partial charge in [0, 0.05) is 13.1 Å². The van der Waals surface area contributed by atoms with Gasteiger partial charge in [-0.1, -0.05) is 29.8 Å². The third kappa shape index (κ3) is 3.03. The number of benzene rings is 1. The van der Waals surface area contributed by atoms with Gasteiger partial charge in [-0.05, 0) is 31.7 Å². The molecule has 1 fully saturated rings. The highest BCUT2D eigenvalue weighted by Crippen LogP contribution is 2.25. The molecule has 100 valence electrons. The van der Waals surface area contributed by atoms with Gasteiger partial charge in [0.25, 0.3) is 0 Å². The van der Waals surface area contributed by atoms with Gasteiger partial charge >= 0.3 is 0 Å². The first-order valence-corrected chi connectivity index (χ1v) is 6.18. The molecule has 1 unspecified atom stereocenters. The van der Waals surface area contributed by atoms with E-state index in [1.807, 2.05) is 43.1 Å². The van der Waals surface area contributed by atoms with E-state index in [-0.39, 0.29) is 18.3 Å². The van der Waals surface area contributed by atoms with Crippen LogP contribution in [0.2, 0.25) is 0 Å². The summed E-state index contributed by atoms with van der Waals surface area (Å²) in [7, 11) is 1.86. The van der Waals surface area contributed by atoms with E-state index in [0.717, 1.165) is 18.4 Å². The Labute approximate surface area is 115 Å². The van der Waals surface area contributed by atoms with Crippen LogP contribution in [0.1, 0.15) is 36.4 Å². The first-order valence-electron chi connectivity index (χ1n) is 6.18. The minimum Gasteiger partial charge on any atom is -0.341 e. The van der Waals surface area contributed by atoms with Crippen LogP contribution in [0.5, 0.6) is 0 Å². The van der Waals surface area contributed by atoms with Crippen LogP contribution < -0.4 is 5.73 Å². The van der Waals surface area contributed by atoms with E-state index in [9.17, 15) is 4.79 Å². The normalized spacial score (nSPS) is 16.4. The molecule has 1 aromatic rings. The van der Waals surface area contributed by atoms with E-state index in [0.29, 0.717) is 6.04 Å². The summed E-state index contributed by atoms with van der Waals surface area (Å²) in [6, 6.07) is 7.73.